The standard InChI is InChI=1S/C10H18BN3O3/c1-4-5-6-14(2)10-12-7-8(11(15)16)9(13-10)17-3/h7,15-16H,4-6H2,1-3H3. The van der Waals surface area contributed by atoms with E-state index in [0.717, 1.165) is 19.4 Å². The van der Waals surface area contributed by atoms with Crippen LogP contribution in [0.3, 0.4) is 0 Å². The molecule has 0 aliphatic heterocycles. The summed E-state index contributed by atoms with van der Waals surface area (Å²) < 4.78 is 5.00. The summed E-state index contributed by atoms with van der Waals surface area (Å²) in [5.41, 5.74) is 0.167. The second kappa shape index (κ2) is 6.41. The van der Waals surface area contributed by atoms with E-state index in [1.807, 2.05) is 11.9 Å². The number of anilines is 1. The first-order valence-electron chi connectivity index (χ1n) is 5.58. The molecule has 7 heteroatoms. The van der Waals surface area contributed by atoms with Gasteiger partial charge < -0.3 is 19.7 Å². The van der Waals surface area contributed by atoms with E-state index in [1.165, 1.54) is 13.3 Å². The van der Waals surface area contributed by atoms with Crippen molar-refractivity contribution in [3.8, 4) is 5.88 Å². The number of nitrogens with zero attached hydrogens (tertiary/aromatic N) is 3. The van der Waals surface area contributed by atoms with Crippen LogP contribution in [-0.4, -0.2) is 47.8 Å². The van der Waals surface area contributed by atoms with Gasteiger partial charge >= 0.3 is 7.12 Å². The van der Waals surface area contributed by atoms with E-state index in [0.29, 0.717) is 5.95 Å². The van der Waals surface area contributed by atoms with Crippen molar-refractivity contribution in [1.29, 1.82) is 0 Å². The smallest absolute Gasteiger partial charge is 0.481 e. The molecule has 0 amide bonds. The monoisotopic (exact) mass is 239 g/mol. The van der Waals surface area contributed by atoms with Gasteiger partial charge in [-0.1, -0.05) is 13.3 Å². The van der Waals surface area contributed by atoms with Gasteiger partial charge in [0, 0.05) is 19.8 Å². The molecule has 0 bridgehead atoms. The highest BCUT2D eigenvalue weighted by molar-refractivity contribution is 6.59. The summed E-state index contributed by atoms with van der Waals surface area (Å²) in [6, 6.07) is 0. The van der Waals surface area contributed by atoms with Crippen LogP contribution < -0.4 is 15.1 Å². The van der Waals surface area contributed by atoms with E-state index in [4.69, 9.17) is 14.8 Å². The normalized spacial score (nSPS) is 10.2. The molecule has 1 aromatic rings. The number of aromatic nitrogens is 2. The number of rotatable bonds is 6. The lowest BCUT2D eigenvalue weighted by atomic mass is 9.82. The predicted octanol–water partition coefficient (Wildman–Crippen LogP) is -0.599. The van der Waals surface area contributed by atoms with Gasteiger partial charge in [-0.2, -0.15) is 4.98 Å². The first kappa shape index (κ1) is 13.7. The Morgan fingerprint density at radius 3 is 2.71 bits per heavy atom. The van der Waals surface area contributed by atoms with E-state index in [1.54, 1.807) is 0 Å². The van der Waals surface area contributed by atoms with Crippen LogP contribution in [0.25, 0.3) is 0 Å². The van der Waals surface area contributed by atoms with Crippen LogP contribution in [0.1, 0.15) is 19.8 Å². The van der Waals surface area contributed by atoms with Gasteiger partial charge in [-0.3, -0.25) is 0 Å². The summed E-state index contributed by atoms with van der Waals surface area (Å²) in [6.07, 6.45) is 3.51. The van der Waals surface area contributed by atoms with Gasteiger partial charge in [-0.05, 0) is 6.42 Å². The number of ether oxygens (including phenoxy) is 1. The zero-order chi connectivity index (χ0) is 12.8. The van der Waals surface area contributed by atoms with Crippen LogP contribution in [0.15, 0.2) is 6.20 Å². The molecule has 0 radical (unpaired) electrons. The zero-order valence-electron chi connectivity index (χ0n) is 10.4. The lowest BCUT2D eigenvalue weighted by molar-refractivity contribution is 0.390. The van der Waals surface area contributed by atoms with Crippen molar-refractivity contribution in [2.45, 2.75) is 19.8 Å². The average Bonchev–Trinajstić information content (AvgIpc) is 2.34. The van der Waals surface area contributed by atoms with Crippen molar-refractivity contribution < 1.29 is 14.8 Å². The molecule has 94 valence electrons. The molecule has 1 aromatic heterocycles. The first-order chi connectivity index (χ1) is 8.10. The summed E-state index contributed by atoms with van der Waals surface area (Å²) in [7, 11) is 1.70. The molecule has 6 nitrogen and oxygen atoms in total. The number of hydrogen-bond acceptors (Lipinski definition) is 6. The minimum atomic E-state index is -1.63. The molecule has 0 fully saturated rings. The Labute approximate surface area is 101 Å². The lowest BCUT2D eigenvalue weighted by Crippen LogP contribution is -2.33. The van der Waals surface area contributed by atoms with Crippen LogP contribution in [0.4, 0.5) is 5.95 Å². The molecule has 2 N–H and O–H groups in total. The Morgan fingerprint density at radius 2 is 2.18 bits per heavy atom. The number of unbranched alkanes of at least 4 members (excludes halogenated alkanes) is 1. The van der Waals surface area contributed by atoms with Crippen molar-refractivity contribution in [3.05, 3.63) is 6.20 Å². The molecule has 0 atom stereocenters. The number of methoxy groups -OCH3 is 1. The quantitative estimate of drug-likeness (QED) is 0.645. The minimum absolute atomic E-state index is 0.167. The summed E-state index contributed by atoms with van der Waals surface area (Å²) in [5, 5.41) is 18.2. The minimum Gasteiger partial charge on any atom is -0.481 e. The van der Waals surface area contributed by atoms with Gasteiger partial charge in [0.15, 0.2) is 0 Å². The topological polar surface area (TPSA) is 78.7 Å². The van der Waals surface area contributed by atoms with Crippen LogP contribution in [0.2, 0.25) is 0 Å². The fourth-order valence-electron chi connectivity index (χ4n) is 1.39. The molecule has 0 unspecified atom stereocenters. The molecule has 0 aromatic carbocycles. The van der Waals surface area contributed by atoms with Gasteiger partial charge in [0.2, 0.25) is 11.8 Å². The molecular weight excluding hydrogens is 221 g/mol. The molecule has 0 saturated carbocycles. The third-order valence-corrected chi connectivity index (χ3v) is 2.43. The van der Waals surface area contributed by atoms with Crippen LogP contribution in [0.5, 0.6) is 5.88 Å². The maximum atomic E-state index is 9.09. The van der Waals surface area contributed by atoms with Crippen molar-refractivity contribution in [3.63, 3.8) is 0 Å². The predicted molar refractivity (Wildman–Crippen MR) is 66.6 cm³/mol. The molecule has 0 aliphatic carbocycles. The fraction of sp³-hybridized carbons (Fsp3) is 0.600. The summed E-state index contributed by atoms with van der Waals surface area (Å²) >= 11 is 0. The van der Waals surface area contributed by atoms with Gasteiger partial charge in [0.25, 0.3) is 0 Å². The maximum absolute atomic E-state index is 9.09. The van der Waals surface area contributed by atoms with Crippen LogP contribution in [-0.2, 0) is 0 Å². The highest BCUT2D eigenvalue weighted by Crippen LogP contribution is 2.10. The zero-order valence-corrected chi connectivity index (χ0v) is 10.4. The van der Waals surface area contributed by atoms with Crippen molar-refractivity contribution in [1.82, 2.24) is 9.97 Å². The first-order valence-corrected chi connectivity index (χ1v) is 5.58. The van der Waals surface area contributed by atoms with E-state index in [-0.39, 0.29) is 11.3 Å². The van der Waals surface area contributed by atoms with E-state index >= 15 is 0 Å². The Balaban J connectivity index is 2.88. The summed E-state index contributed by atoms with van der Waals surface area (Å²) in [4.78, 5) is 10.1. The third kappa shape index (κ3) is 3.57. The van der Waals surface area contributed by atoms with E-state index < -0.39 is 7.12 Å². The lowest BCUT2D eigenvalue weighted by Gasteiger charge is -2.17. The van der Waals surface area contributed by atoms with Crippen LogP contribution >= 0.6 is 0 Å². The fourth-order valence-corrected chi connectivity index (χ4v) is 1.39. The van der Waals surface area contributed by atoms with Crippen molar-refractivity contribution in [2.24, 2.45) is 0 Å². The molecule has 0 aliphatic rings. The van der Waals surface area contributed by atoms with Crippen molar-refractivity contribution in [2.75, 3.05) is 25.6 Å². The second-order valence-electron chi connectivity index (χ2n) is 3.78. The average molecular weight is 239 g/mol. The number of hydrogen-bond donors (Lipinski definition) is 2. The molecule has 0 spiro atoms. The molecule has 1 rings (SSSR count). The Morgan fingerprint density at radius 1 is 1.47 bits per heavy atom. The summed E-state index contributed by atoms with van der Waals surface area (Å²) in [5.74, 6) is 0.702. The van der Waals surface area contributed by atoms with Gasteiger partial charge in [0.1, 0.15) is 0 Å². The Kier molecular flexibility index (Phi) is 5.18. The van der Waals surface area contributed by atoms with Gasteiger partial charge in [0.05, 0.1) is 12.6 Å². The summed E-state index contributed by atoms with van der Waals surface area (Å²) in [6.45, 7) is 2.96. The second-order valence-corrected chi connectivity index (χ2v) is 3.78. The van der Waals surface area contributed by atoms with E-state index in [9.17, 15) is 0 Å². The molecular formula is C10H18BN3O3. The van der Waals surface area contributed by atoms with E-state index in [2.05, 4.69) is 16.9 Å². The SMILES string of the molecule is CCCCN(C)c1ncc(B(O)O)c(OC)n1. The molecule has 1 heterocycles. The van der Waals surface area contributed by atoms with Gasteiger partial charge in [-0.15, -0.1) is 0 Å². The van der Waals surface area contributed by atoms with Gasteiger partial charge in [-0.25, -0.2) is 4.98 Å². The van der Waals surface area contributed by atoms with Crippen molar-refractivity contribution >= 4 is 18.5 Å². The Hall–Kier alpha value is -1.34. The highest BCUT2D eigenvalue weighted by atomic mass is 16.5. The largest absolute Gasteiger partial charge is 0.495 e. The van der Waals surface area contributed by atoms with Crippen LogP contribution in [0, 0.1) is 0 Å². The molecule has 17 heavy (non-hydrogen) atoms. The maximum Gasteiger partial charge on any atom is 0.495 e. The molecule has 0 saturated heterocycles. The third-order valence-electron chi connectivity index (χ3n) is 2.43. The Bertz CT molecular complexity index is 363. The highest BCUT2D eigenvalue weighted by Gasteiger charge is 2.20.